The van der Waals surface area contributed by atoms with Crippen LogP contribution in [0, 0.1) is 0 Å². The average Bonchev–Trinajstić information content (AvgIpc) is 2.82. The maximum absolute atomic E-state index is 13.7. The molecule has 2 N–H and O–H groups in total. The molecule has 4 heterocycles. The van der Waals surface area contributed by atoms with Gasteiger partial charge < -0.3 is 10.6 Å². The summed E-state index contributed by atoms with van der Waals surface area (Å²) in [6, 6.07) is 4.07. The summed E-state index contributed by atoms with van der Waals surface area (Å²) in [7, 11) is 1.27. The Balaban J connectivity index is 1.72. The van der Waals surface area contributed by atoms with Crippen molar-refractivity contribution in [3.05, 3.63) is 65.7 Å². The highest BCUT2D eigenvalue weighted by Gasteiger charge is 2.36. The van der Waals surface area contributed by atoms with E-state index in [0.717, 1.165) is 24.5 Å². The molecule has 4 rings (SSSR count). The second-order valence-electron chi connectivity index (χ2n) is 7.04. The van der Waals surface area contributed by atoms with Gasteiger partial charge >= 0.3 is 12.4 Å². The van der Waals surface area contributed by atoms with Crippen LogP contribution >= 0.6 is 0 Å². The molecule has 1 amide bonds. The van der Waals surface area contributed by atoms with Crippen molar-refractivity contribution < 1.29 is 31.1 Å². The van der Waals surface area contributed by atoms with E-state index in [1.165, 1.54) is 19.3 Å². The highest BCUT2D eigenvalue weighted by atomic mass is 19.4. The maximum Gasteiger partial charge on any atom is 0.418 e. The van der Waals surface area contributed by atoms with Gasteiger partial charge in [0.05, 0.1) is 28.6 Å². The molecule has 0 bridgehead atoms. The fourth-order valence-electron chi connectivity index (χ4n) is 3.06. The van der Waals surface area contributed by atoms with Gasteiger partial charge in [-0.15, -0.1) is 0 Å². The number of hydrogen-bond donors (Lipinski definition) is 2. The van der Waals surface area contributed by atoms with Crippen molar-refractivity contribution in [3.63, 3.8) is 0 Å². The van der Waals surface area contributed by atoms with Crippen LogP contribution in [0.3, 0.4) is 0 Å². The predicted octanol–water partition coefficient (Wildman–Crippen LogP) is 4.62. The molecule has 8 nitrogen and oxygen atoms in total. The first-order valence-electron chi connectivity index (χ1n) is 9.69. The summed E-state index contributed by atoms with van der Waals surface area (Å²) in [5.41, 5.74) is -2.85. The number of anilines is 2. The molecule has 0 radical (unpaired) electrons. The van der Waals surface area contributed by atoms with Crippen molar-refractivity contribution in [1.29, 1.82) is 0 Å². The molecule has 0 aliphatic heterocycles. The van der Waals surface area contributed by atoms with Crippen LogP contribution < -0.4 is 10.6 Å². The quantitative estimate of drug-likeness (QED) is 0.400. The highest BCUT2D eigenvalue weighted by molar-refractivity contribution is 5.94. The summed E-state index contributed by atoms with van der Waals surface area (Å²) in [6.45, 7) is 0. The van der Waals surface area contributed by atoms with Gasteiger partial charge in [0.15, 0.2) is 5.65 Å². The van der Waals surface area contributed by atoms with Crippen molar-refractivity contribution in [2.45, 2.75) is 12.4 Å². The van der Waals surface area contributed by atoms with Crippen LogP contribution in [0.4, 0.5) is 37.8 Å². The molecule has 0 spiro atoms. The average molecular weight is 493 g/mol. The number of carbonyl (C=O) groups is 1. The number of nitrogens with zero attached hydrogens (tertiary/aromatic N) is 5. The number of amides is 1. The van der Waals surface area contributed by atoms with E-state index in [9.17, 15) is 31.1 Å². The van der Waals surface area contributed by atoms with Crippen LogP contribution in [0.5, 0.6) is 0 Å². The summed E-state index contributed by atoms with van der Waals surface area (Å²) in [5.74, 6) is -0.671. The van der Waals surface area contributed by atoms with Crippen LogP contribution in [-0.4, -0.2) is 37.9 Å². The van der Waals surface area contributed by atoms with Gasteiger partial charge in [-0.2, -0.15) is 26.3 Å². The first kappa shape index (κ1) is 23.8. The van der Waals surface area contributed by atoms with E-state index in [1.807, 2.05) is 0 Å². The molecule has 0 atom stereocenters. The Morgan fingerprint density at radius 2 is 1.66 bits per heavy atom. The molecule has 0 saturated heterocycles. The normalized spacial score (nSPS) is 12.0. The predicted molar refractivity (Wildman–Crippen MR) is 111 cm³/mol. The number of carbonyl (C=O) groups excluding carboxylic acids is 1. The number of aromatic nitrogens is 5. The van der Waals surface area contributed by atoms with Crippen LogP contribution in [0.25, 0.3) is 22.6 Å². The van der Waals surface area contributed by atoms with Crippen molar-refractivity contribution in [3.8, 4) is 11.4 Å². The zero-order valence-electron chi connectivity index (χ0n) is 17.5. The van der Waals surface area contributed by atoms with Crippen molar-refractivity contribution in [1.82, 2.24) is 30.2 Å². The Morgan fingerprint density at radius 3 is 2.29 bits per heavy atom. The van der Waals surface area contributed by atoms with Crippen molar-refractivity contribution in [2.24, 2.45) is 0 Å². The topological polar surface area (TPSA) is 106 Å². The van der Waals surface area contributed by atoms with E-state index in [-0.39, 0.29) is 33.9 Å². The summed E-state index contributed by atoms with van der Waals surface area (Å²) >= 11 is 0. The lowest BCUT2D eigenvalue weighted by atomic mass is 10.1. The molecule has 14 heteroatoms. The van der Waals surface area contributed by atoms with Crippen molar-refractivity contribution >= 4 is 28.6 Å². The van der Waals surface area contributed by atoms with Gasteiger partial charge in [0, 0.05) is 25.6 Å². The fourth-order valence-corrected chi connectivity index (χ4v) is 3.06. The first-order chi connectivity index (χ1) is 16.5. The van der Waals surface area contributed by atoms with E-state index < -0.39 is 35.1 Å². The van der Waals surface area contributed by atoms with Gasteiger partial charge in [0.1, 0.15) is 22.7 Å². The Morgan fingerprint density at radius 1 is 0.886 bits per heavy atom. The minimum Gasteiger partial charge on any atom is -0.355 e. The Bertz CT molecular complexity index is 1400. The number of pyridine rings is 3. The molecular weight excluding hydrogens is 480 g/mol. The van der Waals surface area contributed by atoms with Gasteiger partial charge in [0.25, 0.3) is 5.91 Å². The molecule has 180 valence electrons. The summed E-state index contributed by atoms with van der Waals surface area (Å²) in [5, 5.41) is 5.01. The number of rotatable bonds is 4. The standard InChI is InChI=1S/C21H13F6N7O/c1-28-19(35)10-6-12(21(25,26)27)16(31-7-10)14-9-32-17-13(4-5-29-18(17)34-14)33-15-3-2-11(8-30-15)20(22,23)24/h2-9H,1H3,(H,28,35)(H,29,30,33,34). The van der Waals surface area contributed by atoms with Crippen LogP contribution in [0.1, 0.15) is 21.5 Å². The van der Waals surface area contributed by atoms with Gasteiger partial charge in [-0.05, 0) is 24.3 Å². The van der Waals surface area contributed by atoms with Gasteiger partial charge in [-0.25, -0.2) is 19.9 Å². The number of hydrogen-bond acceptors (Lipinski definition) is 7. The number of nitrogens with one attached hydrogen (secondary N) is 2. The van der Waals surface area contributed by atoms with Crippen molar-refractivity contribution in [2.75, 3.05) is 12.4 Å². The molecule has 0 unspecified atom stereocenters. The Kier molecular flexibility index (Phi) is 5.96. The van der Waals surface area contributed by atoms with E-state index in [4.69, 9.17) is 0 Å². The molecular formula is C21H13F6N7O. The van der Waals surface area contributed by atoms with Crippen LogP contribution in [0.2, 0.25) is 0 Å². The monoisotopic (exact) mass is 493 g/mol. The maximum atomic E-state index is 13.7. The van der Waals surface area contributed by atoms with Crippen LogP contribution in [-0.2, 0) is 12.4 Å². The number of halogens is 6. The summed E-state index contributed by atoms with van der Waals surface area (Å²) < 4.78 is 79.2. The first-order valence-corrected chi connectivity index (χ1v) is 9.69. The summed E-state index contributed by atoms with van der Waals surface area (Å²) in [6.07, 6.45) is -5.40. The van der Waals surface area contributed by atoms with E-state index in [0.29, 0.717) is 12.3 Å². The second kappa shape index (κ2) is 8.77. The number of alkyl halides is 6. The zero-order valence-corrected chi connectivity index (χ0v) is 17.5. The largest absolute Gasteiger partial charge is 0.418 e. The third-order valence-corrected chi connectivity index (χ3v) is 4.73. The molecule has 4 aromatic heterocycles. The molecule has 0 fully saturated rings. The SMILES string of the molecule is CNC(=O)c1cnc(-c2cnc3c(Nc4ccc(C(F)(F)F)cn4)ccnc3n2)c(C(F)(F)F)c1. The molecule has 0 saturated carbocycles. The minimum absolute atomic E-state index is 0.0512. The third kappa shape index (κ3) is 4.95. The zero-order chi connectivity index (χ0) is 25.4. The van der Waals surface area contributed by atoms with E-state index in [1.54, 1.807) is 0 Å². The summed E-state index contributed by atoms with van der Waals surface area (Å²) in [4.78, 5) is 31.5. The minimum atomic E-state index is -4.84. The number of fused-ring (bicyclic) bond motifs is 1. The Labute approximate surface area is 192 Å². The smallest absolute Gasteiger partial charge is 0.355 e. The van der Waals surface area contributed by atoms with E-state index in [2.05, 4.69) is 35.6 Å². The molecule has 0 aliphatic rings. The second-order valence-corrected chi connectivity index (χ2v) is 7.04. The lowest BCUT2D eigenvalue weighted by Crippen LogP contribution is -2.20. The fraction of sp³-hybridized carbons (Fsp3) is 0.143. The van der Waals surface area contributed by atoms with E-state index >= 15 is 0 Å². The lowest BCUT2D eigenvalue weighted by Gasteiger charge is -2.13. The third-order valence-electron chi connectivity index (χ3n) is 4.73. The molecule has 0 aromatic carbocycles. The molecule has 35 heavy (non-hydrogen) atoms. The van der Waals surface area contributed by atoms with Gasteiger partial charge in [0.2, 0.25) is 0 Å². The Hall–Kier alpha value is -4.36. The van der Waals surface area contributed by atoms with Gasteiger partial charge in [-0.3, -0.25) is 9.78 Å². The lowest BCUT2D eigenvalue weighted by molar-refractivity contribution is -0.138. The van der Waals surface area contributed by atoms with Crippen LogP contribution in [0.15, 0.2) is 49.1 Å². The highest BCUT2D eigenvalue weighted by Crippen LogP contribution is 2.36. The molecule has 0 aliphatic carbocycles. The molecule has 4 aromatic rings. The van der Waals surface area contributed by atoms with Gasteiger partial charge in [-0.1, -0.05) is 0 Å².